The van der Waals surface area contributed by atoms with Gasteiger partial charge in [0.15, 0.2) is 0 Å². The van der Waals surface area contributed by atoms with Crippen molar-refractivity contribution in [1.82, 2.24) is 0 Å². The van der Waals surface area contributed by atoms with E-state index in [0.717, 1.165) is 37.5 Å². The third-order valence-corrected chi connectivity index (χ3v) is 7.05. The van der Waals surface area contributed by atoms with Crippen molar-refractivity contribution in [1.29, 1.82) is 0 Å². The van der Waals surface area contributed by atoms with E-state index in [2.05, 4.69) is 35.3 Å². The maximum atomic E-state index is 12.9. The second-order valence-corrected chi connectivity index (χ2v) is 8.91. The summed E-state index contributed by atoms with van der Waals surface area (Å²) < 4.78 is 0. The van der Waals surface area contributed by atoms with E-state index in [1.54, 1.807) is 0 Å². The van der Waals surface area contributed by atoms with Gasteiger partial charge in [0.2, 0.25) is 5.91 Å². The molecular weight excluding hydrogens is 322 g/mol. The van der Waals surface area contributed by atoms with Gasteiger partial charge in [-0.15, -0.1) is 0 Å². The Morgan fingerprint density at radius 2 is 1.81 bits per heavy atom. The molecule has 0 radical (unpaired) electrons. The van der Waals surface area contributed by atoms with Crippen LogP contribution >= 0.6 is 0 Å². The first-order valence-electron chi connectivity index (χ1n) is 10.5. The summed E-state index contributed by atoms with van der Waals surface area (Å²) in [7, 11) is 0. The smallest absolute Gasteiger partial charge is 0.227 e. The molecule has 1 aromatic carbocycles. The highest BCUT2D eigenvalue weighted by Gasteiger charge is 2.40. The van der Waals surface area contributed by atoms with Gasteiger partial charge >= 0.3 is 0 Å². The van der Waals surface area contributed by atoms with Gasteiger partial charge in [0.25, 0.3) is 0 Å². The van der Waals surface area contributed by atoms with Crippen molar-refractivity contribution < 1.29 is 4.79 Å². The number of carbonyl (C=O) groups is 1. The second kappa shape index (κ2) is 7.59. The molecule has 2 atom stereocenters. The Morgan fingerprint density at radius 3 is 2.50 bits per heavy atom. The molecule has 2 saturated carbocycles. The maximum absolute atomic E-state index is 12.9. The van der Waals surface area contributed by atoms with E-state index in [4.69, 9.17) is 5.73 Å². The van der Waals surface area contributed by atoms with Crippen molar-refractivity contribution >= 4 is 17.3 Å². The van der Waals surface area contributed by atoms with Crippen molar-refractivity contribution in [2.24, 2.45) is 29.4 Å². The quantitative estimate of drug-likeness (QED) is 0.861. The highest BCUT2D eigenvalue weighted by atomic mass is 16.1. The third kappa shape index (κ3) is 3.75. The number of fused-ring (bicyclic) bond motifs is 2. The molecular formula is C22H33N3O. The zero-order chi connectivity index (χ0) is 18.1. The summed E-state index contributed by atoms with van der Waals surface area (Å²) in [6.45, 7) is 4.56. The summed E-state index contributed by atoms with van der Waals surface area (Å²) in [5.74, 6) is 2.23. The van der Waals surface area contributed by atoms with Crippen molar-refractivity contribution in [3.8, 4) is 0 Å². The average Bonchev–Trinajstić information content (AvgIpc) is 2.62. The molecule has 0 spiro atoms. The van der Waals surface area contributed by atoms with Crippen LogP contribution in [-0.2, 0) is 4.79 Å². The predicted molar refractivity (Wildman–Crippen MR) is 107 cm³/mol. The molecule has 1 saturated heterocycles. The number of hydrogen-bond donors (Lipinski definition) is 2. The van der Waals surface area contributed by atoms with Gasteiger partial charge in [-0.2, -0.15) is 0 Å². The van der Waals surface area contributed by atoms with Gasteiger partial charge in [0.1, 0.15) is 0 Å². The van der Waals surface area contributed by atoms with Crippen LogP contribution in [0.4, 0.5) is 11.4 Å². The number of amides is 1. The number of rotatable bonds is 3. The molecule has 1 aromatic rings. The molecule has 4 nitrogen and oxygen atoms in total. The second-order valence-electron chi connectivity index (χ2n) is 8.91. The number of piperidine rings is 1. The van der Waals surface area contributed by atoms with Gasteiger partial charge in [-0.3, -0.25) is 4.79 Å². The fourth-order valence-corrected chi connectivity index (χ4v) is 5.29. The van der Waals surface area contributed by atoms with Crippen molar-refractivity contribution in [3.05, 3.63) is 24.3 Å². The summed E-state index contributed by atoms with van der Waals surface area (Å²) in [5, 5.41) is 3.20. The summed E-state index contributed by atoms with van der Waals surface area (Å²) in [5.41, 5.74) is 8.54. The first-order valence-corrected chi connectivity index (χ1v) is 10.5. The minimum absolute atomic E-state index is 0.129. The number of nitrogens with zero attached hydrogens (tertiary/aromatic N) is 1. The van der Waals surface area contributed by atoms with Gasteiger partial charge in [-0.25, -0.2) is 0 Å². The molecule has 1 aliphatic heterocycles. The molecule has 2 unspecified atom stereocenters. The summed E-state index contributed by atoms with van der Waals surface area (Å²) in [6, 6.07) is 8.70. The van der Waals surface area contributed by atoms with E-state index in [1.165, 1.54) is 37.8 Å². The van der Waals surface area contributed by atoms with Crippen LogP contribution in [0.1, 0.15) is 51.9 Å². The van der Waals surface area contributed by atoms with Crippen molar-refractivity contribution in [3.63, 3.8) is 0 Å². The lowest BCUT2D eigenvalue weighted by Gasteiger charge is -2.43. The minimum atomic E-state index is 0.129. The van der Waals surface area contributed by atoms with Crippen LogP contribution in [0.5, 0.6) is 0 Å². The monoisotopic (exact) mass is 355 g/mol. The molecule has 2 bridgehead atoms. The Bertz CT molecular complexity index is 624. The molecule has 0 aromatic heterocycles. The Balaban J connectivity index is 1.39. The molecule has 3 N–H and O–H groups in total. The molecule has 4 heteroatoms. The van der Waals surface area contributed by atoms with Crippen LogP contribution < -0.4 is 16.0 Å². The number of anilines is 2. The lowest BCUT2D eigenvalue weighted by Crippen LogP contribution is -2.48. The van der Waals surface area contributed by atoms with Crippen LogP contribution in [-0.4, -0.2) is 25.0 Å². The topological polar surface area (TPSA) is 58.4 Å². The van der Waals surface area contributed by atoms with Crippen LogP contribution in [0, 0.1) is 23.7 Å². The molecule has 1 amide bonds. The fourth-order valence-electron chi connectivity index (χ4n) is 5.29. The van der Waals surface area contributed by atoms with Gasteiger partial charge in [-0.1, -0.05) is 19.4 Å². The lowest BCUT2D eigenvalue weighted by atomic mass is 9.65. The number of carbonyl (C=O) groups excluding carboxylic acids is 1. The lowest BCUT2D eigenvalue weighted by molar-refractivity contribution is -0.122. The largest absolute Gasteiger partial charge is 0.371 e. The Kier molecular flexibility index (Phi) is 5.21. The normalized spacial score (nSPS) is 32.3. The first-order chi connectivity index (χ1) is 12.6. The fraction of sp³-hybridized carbons (Fsp3) is 0.682. The predicted octanol–water partition coefficient (Wildman–Crippen LogP) is 4.02. The molecule has 142 valence electrons. The van der Waals surface area contributed by atoms with E-state index in [9.17, 15) is 4.79 Å². The number of nitrogens with one attached hydrogen (secondary N) is 1. The van der Waals surface area contributed by atoms with E-state index < -0.39 is 0 Å². The highest BCUT2D eigenvalue weighted by molar-refractivity contribution is 5.93. The van der Waals surface area contributed by atoms with Gasteiger partial charge in [0, 0.05) is 36.4 Å². The molecule has 26 heavy (non-hydrogen) atoms. The van der Waals surface area contributed by atoms with Crippen LogP contribution in [0.2, 0.25) is 0 Å². The van der Waals surface area contributed by atoms with E-state index >= 15 is 0 Å². The van der Waals surface area contributed by atoms with Gasteiger partial charge in [-0.05, 0) is 74.5 Å². The van der Waals surface area contributed by atoms with E-state index in [0.29, 0.717) is 17.9 Å². The van der Waals surface area contributed by atoms with Gasteiger partial charge in [0.05, 0.1) is 0 Å². The zero-order valence-corrected chi connectivity index (χ0v) is 16.0. The molecule has 3 fully saturated rings. The third-order valence-electron chi connectivity index (χ3n) is 7.05. The highest BCUT2D eigenvalue weighted by Crippen LogP contribution is 2.42. The number of benzene rings is 1. The first kappa shape index (κ1) is 17.8. The van der Waals surface area contributed by atoms with Crippen LogP contribution in [0.25, 0.3) is 0 Å². The maximum Gasteiger partial charge on any atom is 0.227 e. The molecule has 2 aliphatic carbocycles. The van der Waals surface area contributed by atoms with E-state index in [1.807, 2.05) is 6.07 Å². The van der Waals surface area contributed by atoms with Crippen LogP contribution in [0.3, 0.4) is 0 Å². The Morgan fingerprint density at radius 1 is 1.12 bits per heavy atom. The average molecular weight is 356 g/mol. The molecule has 3 aliphatic rings. The summed E-state index contributed by atoms with van der Waals surface area (Å²) in [4.78, 5) is 15.3. The molecule has 1 heterocycles. The minimum Gasteiger partial charge on any atom is -0.371 e. The van der Waals surface area contributed by atoms with Crippen molar-refractivity contribution in [2.75, 3.05) is 23.3 Å². The van der Waals surface area contributed by atoms with E-state index in [-0.39, 0.29) is 11.8 Å². The zero-order valence-electron chi connectivity index (χ0n) is 16.0. The Labute approximate surface area is 157 Å². The number of nitrogens with two attached hydrogens (primary N) is 1. The van der Waals surface area contributed by atoms with Crippen LogP contribution in [0.15, 0.2) is 24.3 Å². The Hall–Kier alpha value is -1.55. The van der Waals surface area contributed by atoms with Crippen molar-refractivity contribution in [2.45, 2.75) is 57.9 Å². The standard InChI is InChI=1S/C22H33N3O/c1-15-8-10-25(11-9-15)20-7-3-6-19(14-20)24-22(26)18-12-16-4-2-5-17(13-18)21(16)23/h3,6-7,14-18,21H,2,4-5,8-13,23H2,1H3,(H,24,26). The number of hydrogen-bond acceptors (Lipinski definition) is 3. The summed E-state index contributed by atoms with van der Waals surface area (Å²) in [6.07, 6.45) is 8.12. The molecule has 4 rings (SSSR count). The summed E-state index contributed by atoms with van der Waals surface area (Å²) >= 11 is 0. The van der Waals surface area contributed by atoms with Gasteiger partial charge < -0.3 is 16.0 Å². The SMILES string of the molecule is CC1CCN(c2cccc(NC(=O)C3CC4CCCC(C3)C4N)c2)CC1.